The Morgan fingerprint density at radius 2 is 1.92 bits per heavy atom. The van der Waals surface area contributed by atoms with Gasteiger partial charge in [-0.2, -0.15) is 0 Å². The number of carbonyl (C=O) groups excluding carboxylic acids is 2. The minimum absolute atomic E-state index is 0.0698. The van der Waals surface area contributed by atoms with Crippen LogP contribution in [-0.2, 0) is 16.1 Å². The lowest BCUT2D eigenvalue weighted by molar-refractivity contribution is -0.131. The maximum Gasteiger partial charge on any atom is 0.341 e. The summed E-state index contributed by atoms with van der Waals surface area (Å²) >= 11 is 0. The molecule has 2 aromatic rings. The number of carbonyl (C=O) groups is 2. The SMILES string of the molecule is COC(=O)c1cc(CN(C)C(=O)CCOc2ccccc2)oc1C. The van der Waals surface area contributed by atoms with E-state index in [0.717, 1.165) is 5.75 Å². The van der Waals surface area contributed by atoms with E-state index in [1.54, 1.807) is 20.0 Å². The molecule has 0 spiro atoms. The van der Waals surface area contributed by atoms with Gasteiger partial charge in [-0.15, -0.1) is 0 Å². The summed E-state index contributed by atoms with van der Waals surface area (Å²) in [7, 11) is 3.00. The zero-order valence-electron chi connectivity index (χ0n) is 14.1. The third kappa shape index (κ3) is 4.62. The number of amides is 1. The first-order valence-electron chi connectivity index (χ1n) is 7.60. The molecule has 0 aliphatic heterocycles. The van der Waals surface area contributed by atoms with E-state index in [1.165, 1.54) is 12.0 Å². The molecule has 6 heteroatoms. The maximum absolute atomic E-state index is 12.1. The molecule has 1 amide bonds. The lowest BCUT2D eigenvalue weighted by Gasteiger charge is -2.15. The van der Waals surface area contributed by atoms with Crippen molar-refractivity contribution in [1.29, 1.82) is 0 Å². The number of benzene rings is 1. The molecular formula is C18H21NO5. The van der Waals surface area contributed by atoms with Crippen molar-refractivity contribution in [2.24, 2.45) is 0 Å². The number of hydrogen-bond donors (Lipinski definition) is 0. The van der Waals surface area contributed by atoms with Gasteiger partial charge >= 0.3 is 5.97 Å². The van der Waals surface area contributed by atoms with Gasteiger partial charge in [-0.3, -0.25) is 4.79 Å². The highest BCUT2D eigenvalue weighted by atomic mass is 16.5. The van der Waals surface area contributed by atoms with E-state index < -0.39 is 5.97 Å². The molecule has 0 aliphatic rings. The summed E-state index contributed by atoms with van der Waals surface area (Å²) in [6, 6.07) is 10.9. The summed E-state index contributed by atoms with van der Waals surface area (Å²) < 4.78 is 15.7. The Kier molecular flexibility index (Phi) is 6.01. The number of nitrogens with zero attached hydrogens (tertiary/aromatic N) is 1. The molecule has 128 valence electrons. The van der Waals surface area contributed by atoms with Gasteiger partial charge in [0.1, 0.15) is 22.8 Å². The van der Waals surface area contributed by atoms with Crippen molar-refractivity contribution in [2.75, 3.05) is 20.8 Å². The number of methoxy groups -OCH3 is 1. The van der Waals surface area contributed by atoms with Crippen molar-refractivity contribution < 1.29 is 23.5 Å². The Morgan fingerprint density at radius 3 is 2.58 bits per heavy atom. The summed E-state index contributed by atoms with van der Waals surface area (Å²) in [4.78, 5) is 25.2. The number of esters is 1. The van der Waals surface area contributed by atoms with Gasteiger partial charge in [0.25, 0.3) is 0 Å². The Hall–Kier alpha value is -2.76. The van der Waals surface area contributed by atoms with E-state index in [0.29, 0.717) is 23.7 Å². The Bertz CT molecular complexity index is 693. The van der Waals surface area contributed by atoms with Crippen LogP contribution in [0, 0.1) is 6.92 Å². The first kappa shape index (κ1) is 17.6. The van der Waals surface area contributed by atoms with E-state index in [1.807, 2.05) is 30.3 Å². The molecule has 0 saturated carbocycles. The van der Waals surface area contributed by atoms with Gasteiger partial charge in [0, 0.05) is 7.05 Å². The predicted octanol–water partition coefficient (Wildman–Crippen LogP) is 2.80. The van der Waals surface area contributed by atoms with Crippen LogP contribution in [0.4, 0.5) is 0 Å². The minimum Gasteiger partial charge on any atom is -0.493 e. The molecule has 2 rings (SSSR count). The van der Waals surface area contributed by atoms with Crippen molar-refractivity contribution in [2.45, 2.75) is 19.9 Å². The summed E-state index contributed by atoms with van der Waals surface area (Å²) in [5, 5.41) is 0. The van der Waals surface area contributed by atoms with Crippen LogP contribution in [0.1, 0.15) is 28.3 Å². The first-order valence-corrected chi connectivity index (χ1v) is 7.60. The normalized spacial score (nSPS) is 10.3. The molecule has 1 heterocycles. The lowest BCUT2D eigenvalue weighted by Crippen LogP contribution is -2.27. The average Bonchev–Trinajstić information content (AvgIpc) is 2.95. The van der Waals surface area contributed by atoms with Crippen LogP contribution in [0.15, 0.2) is 40.8 Å². The fourth-order valence-electron chi connectivity index (χ4n) is 2.22. The van der Waals surface area contributed by atoms with Gasteiger partial charge in [0.05, 0.1) is 26.7 Å². The maximum atomic E-state index is 12.1. The molecule has 6 nitrogen and oxygen atoms in total. The van der Waals surface area contributed by atoms with Gasteiger partial charge in [-0.25, -0.2) is 4.79 Å². The van der Waals surface area contributed by atoms with Crippen LogP contribution >= 0.6 is 0 Å². The van der Waals surface area contributed by atoms with Crippen LogP contribution in [-0.4, -0.2) is 37.5 Å². The molecule has 1 aromatic carbocycles. The predicted molar refractivity (Wildman–Crippen MR) is 87.8 cm³/mol. The highest BCUT2D eigenvalue weighted by Gasteiger charge is 2.17. The number of para-hydroxylation sites is 1. The van der Waals surface area contributed by atoms with Crippen LogP contribution in [0.2, 0.25) is 0 Å². The molecule has 0 radical (unpaired) electrons. The third-order valence-electron chi connectivity index (χ3n) is 3.52. The van der Waals surface area contributed by atoms with E-state index in [9.17, 15) is 9.59 Å². The second-order valence-electron chi connectivity index (χ2n) is 5.34. The molecule has 24 heavy (non-hydrogen) atoms. The monoisotopic (exact) mass is 331 g/mol. The average molecular weight is 331 g/mol. The van der Waals surface area contributed by atoms with E-state index in [2.05, 4.69) is 4.74 Å². The smallest absolute Gasteiger partial charge is 0.341 e. The number of ether oxygens (including phenoxy) is 2. The largest absolute Gasteiger partial charge is 0.493 e. The molecule has 1 aromatic heterocycles. The Labute approximate surface area is 141 Å². The number of furan rings is 1. The molecule has 0 unspecified atom stereocenters. The molecule has 0 atom stereocenters. The molecule has 0 N–H and O–H groups in total. The Morgan fingerprint density at radius 1 is 1.21 bits per heavy atom. The molecule has 0 aliphatic carbocycles. The van der Waals surface area contributed by atoms with Crippen molar-refractivity contribution in [3.05, 3.63) is 53.5 Å². The zero-order valence-corrected chi connectivity index (χ0v) is 14.1. The second kappa shape index (κ2) is 8.19. The minimum atomic E-state index is -0.451. The summed E-state index contributed by atoms with van der Waals surface area (Å²) in [5.41, 5.74) is 0.376. The zero-order chi connectivity index (χ0) is 17.5. The highest BCUT2D eigenvalue weighted by molar-refractivity contribution is 5.90. The van der Waals surface area contributed by atoms with E-state index in [-0.39, 0.29) is 18.9 Å². The number of hydrogen-bond acceptors (Lipinski definition) is 5. The molecular weight excluding hydrogens is 310 g/mol. The van der Waals surface area contributed by atoms with E-state index >= 15 is 0 Å². The van der Waals surface area contributed by atoms with Crippen molar-refractivity contribution in [3.63, 3.8) is 0 Å². The standard InChI is InChI=1S/C18H21NO5/c1-13-16(18(21)22-3)11-15(24-13)12-19(2)17(20)9-10-23-14-7-5-4-6-8-14/h4-8,11H,9-10,12H2,1-3H3. The molecule has 0 saturated heterocycles. The fourth-order valence-corrected chi connectivity index (χ4v) is 2.22. The third-order valence-corrected chi connectivity index (χ3v) is 3.52. The Balaban J connectivity index is 1.84. The van der Waals surface area contributed by atoms with Gasteiger partial charge in [0.2, 0.25) is 5.91 Å². The van der Waals surface area contributed by atoms with Gasteiger partial charge in [-0.1, -0.05) is 18.2 Å². The van der Waals surface area contributed by atoms with Gasteiger partial charge < -0.3 is 18.8 Å². The summed E-state index contributed by atoms with van der Waals surface area (Å²) in [6.07, 6.45) is 0.259. The molecule has 0 fully saturated rings. The van der Waals surface area contributed by atoms with Crippen LogP contribution in [0.5, 0.6) is 5.75 Å². The summed E-state index contributed by atoms with van der Waals surface area (Å²) in [5.74, 6) is 1.22. The lowest BCUT2D eigenvalue weighted by atomic mass is 10.2. The van der Waals surface area contributed by atoms with Crippen molar-refractivity contribution >= 4 is 11.9 Å². The highest BCUT2D eigenvalue weighted by Crippen LogP contribution is 2.17. The van der Waals surface area contributed by atoms with Crippen molar-refractivity contribution in [1.82, 2.24) is 4.90 Å². The second-order valence-corrected chi connectivity index (χ2v) is 5.34. The summed E-state index contributed by atoms with van der Waals surface area (Å²) in [6.45, 7) is 2.27. The topological polar surface area (TPSA) is 69.0 Å². The van der Waals surface area contributed by atoms with E-state index in [4.69, 9.17) is 9.15 Å². The van der Waals surface area contributed by atoms with Crippen LogP contribution in [0.25, 0.3) is 0 Å². The van der Waals surface area contributed by atoms with Crippen molar-refractivity contribution in [3.8, 4) is 5.75 Å². The number of aryl methyl sites for hydroxylation is 1. The van der Waals surface area contributed by atoms with Gasteiger partial charge in [-0.05, 0) is 25.1 Å². The van der Waals surface area contributed by atoms with Crippen LogP contribution < -0.4 is 4.74 Å². The number of rotatable bonds is 7. The van der Waals surface area contributed by atoms with Crippen LogP contribution in [0.3, 0.4) is 0 Å². The van der Waals surface area contributed by atoms with Gasteiger partial charge in [0.15, 0.2) is 0 Å². The fraction of sp³-hybridized carbons (Fsp3) is 0.333. The quantitative estimate of drug-likeness (QED) is 0.730. The molecule has 0 bridgehead atoms. The first-order chi connectivity index (χ1) is 11.5.